The second-order valence-electron chi connectivity index (χ2n) is 7.37. The maximum atomic E-state index is 11.6. The molecular weight excluding hydrogens is 384 g/mol. The SMILES string of the molecule is CC(=O)CN1CCN(CC(=O)O)CCN(CC(=O)O)CCN(C(C)C(=O)O)CC1. The smallest absolute Gasteiger partial charge is 0.320 e. The third-order valence-corrected chi connectivity index (χ3v) is 4.94. The summed E-state index contributed by atoms with van der Waals surface area (Å²) in [5, 5.41) is 27.7. The summed E-state index contributed by atoms with van der Waals surface area (Å²) >= 11 is 0. The average Bonchev–Trinajstić information content (AvgIpc) is 2.59. The van der Waals surface area contributed by atoms with Crippen molar-refractivity contribution in [2.24, 2.45) is 0 Å². The van der Waals surface area contributed by atoms with Gasteiger partial charge in [-0.05, 0) is 13.8 Å². The van der Waals surface area contributed by atoms with Crippen LogP contribution in [0.1, 0.15) is 13.8 Å². The Kier molecular flexibility index (Phi) is 10.7. The van der Waals surface area contributed by atoms with Crippen LogP contribution in [0.2, 0.25) is 0 Å². The normalized spacial score (nSPS) is 20.3. The number of hydrogen-bond donors (Lipinski definition) is 3. The highest BCUT2D eigenvalue weighted by atomic mass is 16.4. The number of carboxylic acids is 3. The van der Waals surface area contributed by atoms with E-state index in [9.17, 15) is 24.3 Å². The molecule has 1 saturated heterocycles. The Morgan fingerprint density at radius 3 is 1.34 bits per heavy atom. The molecule has 0 bridgehead atoms. The van der Waals surface area contributed by atoms with Crippen LogP contribution in [0.5, 0.6) is 0 Å². The Morgan fingerprint density at radius 2 is 1.03 bits per heavy atom. The molecule has 1 aliphatic rings. The van der Waals surface area contributed by atoms with Crippen LogP contribution in [0.4, 0.5) is 0 Å². The number of carbonyl (C=O) groups is 4. The van der Waals surface area contributed by atoms with Crippen LogP contribution < -0.4 is 0 Å². The Morgan fingerprint density at radius 1 is 0.690 bits per heavy atom. The quantitative estimate of drug-likeness (QED) is 0.423. The average molecular weight is 416 g/mol. The van der Waals surface area contributed by atoms with Gasteiger partial charge in [0.15, 0.2) is 0 Å². The van der Waals surface area contributed by atoms with Gasteiger partial charge in [-0.15, -0.1) is 0 Å². The molecule has 1 aliphatic heterocycles. The van der Waals surface area contributed by atoms with Gasteiger partial charge < -0.3 is 15.3 Å². The van der Waals surface area contributed by atoms with E-state index in [2.05, 4.69) is 0 Å². The summed E-state index contributed by atoms with van der Waals surface area (Å²) in [5.74, 6) is -2.95. The fourth-order valence-electron chi connectivity index (χ4n) is 3.27. The fourth-order valence-corrected chi connectivity index (χ4v) is 3.27. The van der Waals surface area contributed by atoms with E-state index < -0.39 is 23.9 Å². The largest absolute Gasteiger partial charge is 0.480 e. The highest BCUT2D eigenvalue weighted by Gasteiger charge is 2.24. The molecule has 0 spiro atoms. The molecule has 1 unspecified atom stereocenters. The number of Topliss-reactive ketones (excluding diaryl/α,β-unsaturated/α-hetero) is 1. The second-order valence-corrected chi connectivity index (χ2v) is 7.37. The van der Waals surface area contributed by atoms with E-state index in [1.54, 1.807) is 21.6 Å². The van der Waals surface area contributed by atoms with E-state index >= 15 is 0 Å². The summed E-state index contributed by atoms with van der Waals surface area (Å²) in [6.07, 6.45) is 0. The van der Waals surface area contributed by atoms with Crippen molar-refractivity contribution < 1.29 is 34.5 Å². The van der Waals surface area contributed by atoms with E-state index in [4.69, 9.17) is 10.2 Å². The van der Waals surface area contributed by atoms with Gasteiger partial charge in [-0.3, -0.25) is 38.8 Å². The van der Waals surface area contributed by atoms with Gasteiger partial charge in [-0.1, -0.05) is 0 Å². The molecule has 3 N–H and O–H groups in total. The van der Waals surface area contributed by atoms with Gasteiger partial charge in [0.2, 0.25) is 0 Å². The molecule has 1 atom stereocenters. The first kappa shape index (κ1) is 25.0. The Hall–Kier alpha value is -2.08. The molecule has 0 radical (unpaired) electrons. The zero-order valence-electron chi connectivity index (χ0n) is 17.1. The molecule has 0 aromatic heterocycles. The Bertz CT molecular complexity index is 555. The van der Waals surface area contributed by atoms with Crippen molar-refractivity contribution >= 4 is 23.7 Å². The van der Waals surface area contributed by atoms with E-state index in [1.807, 2.05) is 4.90 Å². The third-order valence-electron chi connectivity index (χ3n) is 4.94. The summed E-state index contributed by atoms with van der Waals surface area (Å²) in [7, 11) is 0. The zero-order chi connectivity index (χ0) is 22.0. The van der Waals surface area contributed by atoms with Crippen molar-refractivity contribution in [3.63, 3.8) is 0 Å². The molecule has 166 valence electrons. The van der Waals surface area contributed by atoms with Gasteiger partial charge in [-0.25, -0.2) is 0 Å². The minimum atomic E-state index is -0.993. The number of hydrogen-bond acceptors (Lipinski definition) is 8. The van der Waals surface area contributed by atoms with E-state index in [0.29, 0.717) is 52.4 Å². The zero-order valence-corrected chi connectivity index (χ0v) is 17.1. The lowest BCUT2D eigenvalue weighted by atomic mass is 10.2. The number of ketones is 1. The second kappa shape index (κ2) is 12.5. The predicted octanol–water partition coefficient (Wildman–Crippen LogP) is -1.56. The van der Waals surface area contributed by atoms with Crippen LogP contribution in [0.3, 0.4) is 0 Å². The van der Waals surface area contributed by atoms with Crippen molar-refractivity contribution in [3.05, 3.63) is 0 Å². The molecule has 29 heavy (non-hydrogen) atoms. The lowest BCUT2D eigenvalue weighted by Crippen LogP contribution is -2.51. The first-order chi connectivity index (χ1) is 13.6. The van der Waals surface area contributed by atoms with Gasteiger partial charge >= 0.3 is 17.9 Å². The van der Waals surface area contributed by atoms with Crippen LogP contribution in [0.25, 0.3) is 0 Å². The topological polar surface area (TPSA) is 142 Å². The van der Waals surface area contributed by atoms with Crippen molar-refractivity contribution in [1.29, 1.82) is 0 Å². The number of aliphatic carboxylic acids is 3. The molecule has 1 fully saturated rings. The Balaban J connectivity index is 2.98. The predicted molar refractivity (Wildman–Crippen MR) is 104 cm³/mol. The number of nitrogens with zero attached hydrogens (tertiary/aromatic N) is 4. The lowest BCUT2D eigenvalue weighted by molar-refractivity contribution is -0.143. The number of carboxylic acid groups (broad SMARTS) is 3. The lowest BCUT2D eigenvalue weighted by Gasteiger charge is -2.34. The molecule has 0 saturated carbocycles. The van der Waals surface area contributed by atoms with Crippen molar-refractivity contribution in [1.82, 2.24) is 19.6 Å². The third kappa shape index (κ3) is 10.3. The minimum absolute atomic E-state index is 0.0210. The van der Waals surface area contributed by atoms with Gasteiger partial charge in [0.25, 0.3) is 0 Å². The standard InChI is InChI=1S/C18H32N4O7/c1-14(23)11-19-3-4-20(12-16(24)25)5-6-21(13-17(26)27)8-10-22(9-7-19)15(2)18(28)29/h15H,3-13H2,1-2H3,(H,24,25)(H,26,27)(H,28,29). The van der Waals surface area contributed by atoms with E-state index in [1.165, 1.54) is 6.92 Å². The highest BCUT2D eigenvalue weighted by molar-refractivity contribution is 5.77. The Labute approximate surface area is 170 Å². The molecule has 1 heterocycles. The van der Waals surface area contributed by atoms with Crippen LogP contribution >= 0.6 is 0 Å². The molecule has 1 rings (SSSR count). The summed E-state index contributed by atoms with van der Waals surface area (Å²) in [5.41, 5.74) is 0. The minimum Gasteiger partial charge on any atom is -0.480 e. The van der Waals surface area contributed by atoms with Crippen LogP contribution in [-0.4, -0.2) is 137 Å². The first-order valence-corrected chi connectivity index (χ1v) is 9.65. The van der Waals surface area contributed by atoms with Crippen LogP contribution in [-0.2, 0) is 19.2 Å². The van der Waals surface area contributed by atoms with Gasteiger partial charge in [0.05, 0.1) is 19.6 Å². The van der Waals surface area contributed by atoms with Crippen LogP contribution in [0, 0.1) is 0 Å². The molecule has 11 nitrogen and oxygen atoms in total. The maximum Gasteiger partial charge on any atom is 0.320 e. The van der Waals surface area contributed by atoms with Crippen molar-refractivity contribution in [2.75, 3.05) is 72.0 Å². The van der Waals surface area contributed by atoms with Crippen molar-refractivity contribution in [2.45, 2.75) is 19.9 Å². The number of rotatable bonds is 8. The van der Waals surface area contributed by atoms with Gasteiger partial charge in [0.1, 0.15) is 11.8 Å². The fraction of sp³-hybridized carbons (Fsp3) is 0.778. The highest BCUT2D eigenvalue weighted by Crippen LogP contribution is 2.05. The first-order valence-electron chi connectivity index (χ1n) is 9.65. The molecule has 11 heteroatoms. The summed E-state index contributed by atoms with van der Waals surface area (Å²) in [6.45, 7) is 6.04. The summed E-state index contributed by atoms with van der Waals surface area (Å²) in [6, 6.07) is -0.743. The van der Waals surface area contributed by atoms with Gasteiger partial charge in [-0.2, -0.15) is 0 Å². The molecule has 0 amide bonds. The monoisotopic (exact) mass is 416 g/mol. The molecular formula is C18H32N4O7. The van der Waals surface area contributed by atoms with Crippen molar-refractivity contribution in [3.8, 4) is 0 Å². The maximum absolute atomic E-state index is 11.6. The van der Waals surface area contributed by atoms with E-state index in [0.717, 1.165) is 0 Å². The molecule has 0 aromatic rings. The summed E-state index contributed by atoms with van der Waals surface area (Å²) < 4.78 is 0. The van der Waals surface area contributed by atoms with Gasteiger partial charge in [0, 0.05) is 52.4 Å². The number of carbonyl (C=O) groups excluding carboxylic acids is 1. The molecule has 0 aliphatic carbocycles. The van der Waals surface area contributed by atoms with E-state index in [-0.39, 0.29) is 25.4 Å². The van der Waals surface area contributed by atoms with Crippen LogP contribution in [0.15, 0.2) is 0 Å². The molecule has 0 aromatic carbocycles. The summed E-state index contributed by atoms with van der Waals surface area (Å²) in [4.78, 5) is 52.5.